The molecule has 3 aromatic carbocycles. The molecule has 4 rings (SSSR count). The number of halogens is 1. The molecule has 1 fully saturated rings. The third kappa shape index (κ3) is 6.20. The fourth-order valence-corrected chi connectivity index (χ4v) is 10.4. The number of likely N-dealkylation sites (tertiary alicyclic amines) is 1. The number of carbonyl (C=O) groups is 1. The predicted molar refractivity (Wildman–Crippen MR) is 157 cm³/mol. The van der Waals surface area contributed by atoms with E-state index in [1.165, 1.54) is 15.9 Å². The quantitative estimate of drug-likeness (QED) is 0.271. The van der Waals surface area contributed by atoms with Gasteiger partial charge in [-0.15, -0.1) is 24.0 Å². The van der Waals surface area contributed by atoms with Crippen LogP contribution in [0.2, 0.25) is 0 Å². The van der Waals surface area contributed by atoms with E-state index in [9.17, 15) is 4.79 Å². The van der Waals surface area contributed by atoms with E-state index in [2.05, 4.69) is 91.0 Å². The predicted octanol–water partition coefficient (Wildman–Crippen LogP) is 5.98. The van der Waals surface area contributed by atoms with Gasteiger partial charge in [-0.3, -0.25) is 0 Å². The molecule has 1 saturated heterocycles. The van der Waals surface area contributed by atoms with Gasteiger partial charge in [0.15, 0.2) is 0 Å². The Morgan fingerprint density at radius 3 is 1.53 bits per heavy atom. The first kappa shape index (κ1) is 26.7. The summed E-state index contributed by atoms with van der Waals surface area (Å²) in [4.78, 5) is 14.5. The van der Waals surface area contributed by atoms with Gasteiger partial charge >= 0.3 is 199 Å². The smallest absolute Gasteiger partial charge is 0.107 e. The van der Waals surface area contributed by atoms with Gasteiger partial charge in [-0.25, -0.2) is 0 Å². The van der Waals surface area contributed by atoms with Gasteiger partial charge in [0.25, 0.3) is 0 Å². The number of nitrogens with zero attached hydrogens (tertiary/aromatic N) is 1. The summed E-state index contributed by atoms with van der Waals surface area (Å²) in [6.07, 6.45) is 2.99. The maximum absolute atomic E-state index is 12.6. The van der Waals surface area contributed by atoms with E-state index < -0.39 is 12.9 Å². The number of amides is 1. The summed E-state index contributed by atoms with van der Waals surface area (Å²) in [5, 5.41) is 4.37. The Balaban J connectivity index is 0.00000324. The van der Waals surface area contributed by atoms with Crippen LogP contribution >= 0.6 is 31.2 Å². The van der Waals surface area contributed by atoms with E-state index in [4.69, 9.17) is 4.74 Å². The Kier molecular flexibility index (Phi) is 9.17. The zero-order chi connectivity index (χ0) is 23.3. The van der Waals surface area contributed by atoms with Crippen molar-refractivity contribution < 1.29 is 9.53 Å². The van der Waals surface area contributed by atoms with E-state index in [0.29, 0.717) is 5.92 Å². The van der Waals surface area contributed by atoms with Crippen LogP contribution < -0.4 is 15.9 Å². The molecule has 34 heavy (non-hydrogen) atoms. The number of rotatable bonds is 5. The summed E-state index contributed by atoms with van der Waals surface area (Å²) in [5.41, 5.74) is -0.454. The second-order valence-corrected chi connectivity index (χ2v) is 14.1. The average Bonchev–Trinajstić information content (AvgIpc) is 2.83. The molecule has 0 atom stereocenters. The molecule has 1 aliphatic rings. The van der Waals surface area contributed by atoms with Crippen LogP contribution in [-0.4, -0.2) is 35.8 Å². The summed E-state index contributed by atoms with van der Waals surface area (Å²) in [5.74, 6) is 0.566. The van der Waals surface area contributed by atoms with E-state index in [0.717, 1.165) is 32.1 Å². The first-order valence-corrected chi connectivity index (χ1v) is 14.2. The molecule has 182 valence electrons. The van der Waals surface area contributed by atoms with Crippen LogP contribution in [0.5, 0.6) is 0 Å². The normalized spacial score (nSPS) is 15.3. The van der Waals surface area contributed by atoms with Gasteiger partial charge in [0.05, 0.1) is 0 Å². The second-order valence-electron chi connectivity index (χ2n) is 10.1. The Labute approximate surface area is 222 Å². The minimum atomic E-state index is -2.23. The third-order valence-electron chi connectivity index (χ3n) is 6.66. The molecule has 5 heteroatoms. The molecule has 0 N–H and O–H groups in total. The fraction of sp³-hybridized carbons (Fsp3) is 0.345. The van der Waals surface area contributed by atoms with Gasteiger partial charge in [-0.05, 0) is 0 Å². The van der Waals surface area contributed by atoms with Crippen molar-refractivity contribution in [3.8, 4) is 0 Å². The largest absolute Gasteiger partial charge is 0.107 e. The topological polar surface area (TPSA) is 29.5 Å². The van der Waals surface area contributed by atoms with Crippen molar-refractivity contribution in [3.05, 3.63) is 91.0 Å². The van der Waals surface area contributed by atoms with E-state index in [-0.39, 0.29) is 30.1 Å². The monoisotopic (exact) mass is 589 g/mol. The Bertz CT molecular complexity index is 933. The van der Waals surface area contributed by atoms with Crippen molar-refractivity contribution in [3.63, 3.8) is 0 Å². The van der Waals surface area contributed by atoms with Gasteiger partial charge in [0.2, 0.25) is 0 Å². The third-order valence-corrected chi connectivity index (χ3v) is 11.8. The number of piperidine rings is 1. The second kappa shape index (κ2) is 11.7. The standard InChI is InChI=1S/C29H36NO2P.HI/c1-29(2,3)32-28(31)30-21-19-24(20-22-30)23-33(25-13-7-4-8-14-25,26-15-9-5-10-16-26)27-17-11-6-12-18-27;/h4-18,24,33H,19-23H2,1-3H3;1H. The summed E-state index contributed by atoms with van der Waals surface area (Å²) in [6, 6.07) is 33.3. The van der Waals surface area contributed by atoms with Crippen molar-refractivity contribution in [1.29, 1.82) is 0 Å². The molecule has 3 aromatic rings. The number of hydrogen-bond acceptors (Lipinski definition) is 2. The summed E-state index contributed by atoms with van der Waals surface area (Å²) >= 11 is 0. The van der Waals surface area contributed by atoms with Crippen LogP contribution in [0, 0.1) is 5.92 Å². The molecule has 1 amide bonds. The number of carbonyl (C=O) groups excluding carboxylic acids is 1. The Morgan fingerprint density at radius 2 is 1.18 bits per heavy atom. The Morgan fingerprint density at radius 1 is 0.794 bits per heavy atom. The molecule has 1 heterocycles. The van der Waals surface area contributed by atoms with Crippen LogP contribution in [0.25, 0.3) is 0 Å². The van der Waals surface area contributed by atoms with Crippen LogP contribution in [0.3, 0.4) is 0 Å². The molecule has 0 spiro atoms. The summed E-state index contributed by atoms with van der Waals surface area (Å²) < 4.78 is 5.62. The maximum atomic E-state index is 12.6. The van der Waals surface area contributed by atoms with Crippen molar-refractivity contribution >= 4 is 53.2 Å². The number of benzene rings is 3. The molecule has 1 aliphatic heterocycles. The van der Waals surface area contributed by atoms with Crippen LogP contribution in [-0.2, 0) is 4.74 Å². The summed E-state index contributed by atoms with van der Waals surface area (Å²) in [6.45, 7) is 7.32. The molecule has 0 aliphatic carbocycles. The minimum absolute atomic E-state index is 0. The van der Waals surface area contributed by atoms with Gasteiger partial charge in [-0.2, -0.15) is 0 Å². The van der Waals surface area contributed by atoms with Gasteiger partial charge in [-0.1, -0.05) is 0 Å². The fourth-order valence-electron chi connectivity index (χ4n) is 5.10. The van der Waals surface area contributed by atoms with Crippen molar-refractivity contribution in [2.24, 2.45) is 5.92 Å². The molecule has 0 radical (unpaired) electrons. The van der Waals surface area contributed by atoms with Crippen LogP contribution in [0.4, 0.5) is 4.79 Å². The van der Waals surface area contributed by atoms with E-state index >= 15 is 0 Å². The van der Waals surface area contributed by atoms with E-state index in [1.807, 2.05) is 25.7 Å². The zero-order valence-electron chi connectivity index (χ0n) is 20.4. The molecule has 0 aromatic heterocycles. The zero-order valence-corrected chi connectivity index (χ0v) is 23.8. The van der Waals surface area contributed by atoms with Gasteiger partial charge in [0.1, 0.15) is 0 Å². The molecule has 0 unspecified atom stereocenters. The maximum Gasteiger partial charge on any atom is -0.107 e. The van der Waals surface area contributed by atoms with Crippen LogP contribution in [0.15, 0.2) is 91.0 Å². The van der Waals surface area contributed by atoms with Gasteiger partial charge < -0.3 is 0 Å². The molecule has 0 bridgehead atoms. The molecule has 3 nitrogen and oxygen atoms in total. The SMILES string of the molecule is CC(C)(C)OC(=O)N1CCC(C[PH](c2ccccc2)(c2ccccc2)c2ccccc2)CC1.I. The Hall–Kier alpha value is -1.91. The number of ether oxygens (including phenoxy) is 1. The molecule has 0 saturated carbocycles. The van der Waals surface area contributed by atoms with Crippen LogP contribution in [0.1, 0.15) is 33.6 Å². The average molecular weight is 589 g/mol. The number of hydrogen-bond donors (Lipinski definition) is 0. The first-order valence-electron chi connectivity index (χ1n) is 12.0. The minimum Gasteiger partial charge on any atom is -0.107 e. The molecular formula is C29H37INO2P. The summed E-state index contributed by atoms with van der Waals surface area (Å²) in [7, 11) is -2.23. The van der Waals surface area contributed by atoms with Crippen molar-refractivity contribution in [2.45, 2.75) is 39.2 Å². The molecular weight excluding hydrogens is 552 g/mol. The van der Waals surface area contributed by atoms with Gasteiger partial charge in [0, 0.05) is 0 Å². The van der Waals surface area contributed by atoms with Crippen molar-refractivity contribution in [1.82, 2.24) is 4.90 Å². The first-order chi connectivity index (χ1) is 15.9. The van der Waals surface area contributed by atoms with E-state index in [1.54, 1.807) is 0 Å². The van der Waals surface area contributed by atoms with Crippen molar-refractivity contribution in [2.75, 3.05) is 19.3 Å².